The lowest BCUT2D eigenvalue weighted by atomic mass is 10.1. The predicted molar refractivity (Wildman–Crippen MR) is 65.7 cm³/mol. The number of amides is 1. The SMILES string of the molecule is COC(C)C(=O)N1CCC(OCCCN)CC1. The largest absolute Gasteiger partial charge is 0.378 e. The smallest absolute Gasteiger partial charge is 0.251 e. The molecule has 1 heterocycles. The summed E-state index contributed by atoms with van der Waals surface area (Å²) in [7, 11) is 1.56. The highest BCUT2D eigenvalue weighted by atomic mass is 16.5. The molecular formula is C12H24N2O3. The van der Waals surface area contributed by atoms with E-state index in [1.54, 1.807) is 14.0 Å². The molecule has 5 nitrogen and oxygen atoms in total. The van der Waals surface area contributed by atoms with E-state index in [-0.39, 0.29) is 18.1 Å². The number of nitrogens with zero attached hydrogens (tertiary/aromatic N) is 1. The second-order valence-corrected chi connectivity index (χ2v) is 4.42. The van der Waals surface area contributed by atoms with Gasteiger partial charge in [-0.2, -0.15) is 0 Å². The Morgan fingerprint density at radius 3 is 2.65 bits per heavy atom. The molecule has 1 aliphatic heterocycles. The highest BCUT2D eigenvalue weighted by Gasteiger charge is 2.25. The van der Waals surface area contributed by atoms with Crippen molar-refractivity contribution >= 4 is 5.91 Å². The minimum atomic E-state index is -0.343. The van der Waals surface area contributed by atoms with Crippen molar-refractivity contribution in [3.8, 4) is 0 Å². The van der Waals surface area contributed by atoms with Gasteiger partial charge in [0, 0.05) is 26.8 Å². The summed E-state index contributed by atoms with van der Waals surface area (Å²) in [6.07, 6.45) is 2.66. The van der Waals surface area contributed by atoms with E-state index in [0.717, 1.165) is 39.0 Å². The van der Waals surface area contributed by atoms with Crippen molar-refractivity contribution in [1.82, 2.24) is 4.90 Å². The molecule has 1 rings (SSSR count). The number of likely N-dealkylation sites (tertiary alicyclic amines) is 1. The number of piperidine rings is 1. The Kier molecular flexibility index (Phi) is 6.47. The average molecular weight is 244 g/mol. The van der Waals surface area contributed by atoms with Crippen molar-refractivity contribution in [1.29, 1.82) is 0 Å². The van der Waals surface area contributed by atoms with Gasteiger partial charge in [0.15, 0.2) is 0 Å². The first kappa shape index (κ1) is 14.4. The Hall–Kier alpha value is -0.650. The van der Waals surface area contributed by atoms with Crippen LogP contribution in [0, 0.1) is 0 Å². The van der Waals surface area contributed by atoms with Crippen molar-refractivity contribution in [3.05, 3.63) is 0 Å². The fourth-order valence-corrected chi connectivity index (χ4v) is 1.93. The minimum absolute atomic E-state index is 0.0768. The maximum Gasteiger partial charge on any atom is 0.251 e. The molecule has 100 valence electrons. The molecular weight excluding hydrogens is 220 g/mol. The summed E-state index contributed by atoms with van der Waals surface area (Å²) in [5.74, 6) is 0.0768. The van der Waals surface area contributed by atoms with E-state index in [9.17, 15) is 4.79 Å². The van der Waals surface area contributed by atoms with E-state index in [1.807, 2.05) is 4.90 Å². The van der Waals surface area contributed by atoms with Crippen molar-refractivity contribution in [2.75, 3.05) is 33.4 Å². The van der Waals surface area contributed by atoms with E-state index in [1.165, 1.54) is 0 Å². The van der Waals surface area contributed by atoms with Gasteiger partial charge in [-0.05, 0) is 32.7 Å². The molecule has 1 fully saturated rings. The third kappa shape index (κ3) is 4.61. The lowest BCUT2D eigenvalue weighted by Gasteiger charge is -2.33. The lowest BCUT2D eigenvalue weighted by molar-refractivity contribution is -0.143. The quantitative estimate of drug-likeness (QED) is 0.686. The summed E-state index contributed by atoms with van der Waals surface area (Å²) in [4.78, 5) is 13.7. The van der Waals surface area contributed by atoms with E-state index >= 15 is 0 Å². The average Bonchev–Trinajstić information content (AvgIpc) is 2.38. The molecule has 0 radical (unpaired) electrons. The number of carbonyl (C=O) groups is 1. The zero-order valence-electron chi connectivity index (χ0n) is 10.9. The van der Waals surface area contributed by atoms with Crippen molar-refractivity contribution in [2.45, 2.75) is 38.4 Å². The monoisotopic (exact) mass is 244 g/mol. The van der Waals surface area contributed by atoms with E-state index in [4.69, 9.17) is 15.2 Å². The molecule has 2 N–H and O–H groups in total. The normalized spacial score (nSPS) is 19.4. The summed E-state index contributed by atoms with van der Waals surface area (Å²) in [6.45, 7) is 4.71. The van der Waals surface area contributed by atoms with Crippen LogP contribution in [0.25, 0.3) is 0 Å². The third-order valence-corrected chi connectivity index (χ3v) is 3.16. The van der Waals surface area contributed by atoms with Gasteiger partial charge in [0.2, 0.25) is 0 Å². The van der Waals surface area contributed by atoms with Crippen LogP contribution in [0.5, 0.6) is 0 Å². The van der Waals surface area contributed by atoms with Gasteiger partial charge in [0.25, 0.3) is 5.91 Å². The van der Waals surface area contributed by atoms with Crippen LogP contribution in [0.2, 0.25) is 0 Å². The molecule has 1 unspecified atom stereocenters. The Balaban J connectivity index is 2.23. The molecule has 0 aromatic heterocycles. The summed E-state index contributed by atoms with van der Waals surface area (Å²) in [5.41, 5.74) is 5.41. The maximum absolute atomic E-state index is 11.8. The fourth-order valence-electron chi connectivity index (χ4n) is 1.93. The van der Waals surface area contributed by atoms with Crippen LogP contribution in [0.4, 0.5) is 0 Å². The molecule has 0 saturated carbocycles. The van der Waals surface area contributed by atoms with Gasteiger partial charge in [-0.1, -0.05) is 0 Å². The highest BCUT2D eigenvalue weighted by molar-refractivity contribution is 5.80. The van der Waals surface area contributed by atoms with Gasteiger partial charge >= 0.3 is 0 Å². The van der Waals surface area contributed by atoms with Gasteiger partial charge in [0.1, 0.15) is 6.10 Å². The minimum Gasteiger partial charge on any atom is -0.378 e. The number of hydrogen-bond acceptors (Lipinski definition) is 4. The Labute approximate surface area is 103 Å². The van der Waals surface area contributed by atoms with E-state index < -0.39 is 0 Å². The standard InChI is InChI=1S/C12H24N2O3/c1-10(16-2)12(15)14-7-4-11(5-8-14)17-9-3-6-13/h10-11H,3-9,13H2,1-2H3. The number of nitrogens with two attached hydrogens (primary N) is 1. The molecule has 0 bridgehead atoms. The highest BCUT2D eigenvalue weighted by Crippen LogP contribution is 2.15. The number of carbonyl (C=O) groups excluding carboxylic acids is 1. The summed E-state index contributed by atoms with van der Waals surface area (Å²) < 4.78 is 10.7. The van der Waals surface area contributed by atoms with Gasteiger partial charge in [-0.15, -0.1) is 0 Å². The zero-order chi connectivity index (χ0) is 12.7. The first-order valence-electron chi connectivity index (χ1n) is 6.32. The molecule has 0 spiro atoms. The predicted octanol–water partition coefficient (Wildman–Crippen LogP) is 0.378. The Morgan fingerprint density at radius 1 is 1.47 bits per heavy atom. The summed E-state index contributed by atoms with van der Waals surface area (Å²) in [6, 6.07) is 0. The van der Waals surface area contributed by atoms with Crippen LogP contribution in [0.3, 0.4) is 0 Å². The van der Waals surface area contributed by atoms with Crippen molar-refractivity contribution in [3.63, 3.8) is 0 Å². The van der Waals surface area contributed by atoms with Crippen LogP contribution >= 0.6 is 0 Å². The van der Waals surface area contributed by atoms with Crippen LogP contribution < -0.4 is 5.73 Å². The lowest BCUT2D eigenvalue weighted by Crippen LogP contribution is -2.45. The molecule has 5 heteroatoms. The topological polar surface area (TPSA) is 64.8 Å². The van der Waals surface area contributed by atoms with Gasteiger partial charge < -0.3 is 20.1 Å². The van der Waals surface area contributed by atoms with Crippen molar-refractivity contribution in [2.24, 2.45) is 5.73 Å². The van der Waals surface area contributed by atoms with Crippen LogP contribution in [-0.4, -0.2) is 56.4 Å². The number of methoxy groups -OCH3 is 1. The molecule has 0 aromatic rings. The number of rotatable bonds is 6. The Morgan fingerprint density at radius 2 is 2.12 bits per heavy atom. The maximum atomic E-state index is 11.8. The van der Waals surface area contributed by atoms with E-state index in [2.05, 4.69) is 0 Å². The van der Waals surface area contributed by atoms with Gasteiger partial charge in [0.05, 0.1) is 6.10 Å². The van der Waals surface area contributed by atoms with Crippen LogP contribution in [0.1, 0.15) is 26.2 Å². The first-order chi connectivity index (χ1) is 8.19. The third-order valence-electron chi connectivity index (χ3n) is 3.16. The molecule has 17 heavy (non-hydrogen) atoms. The molecule has 0 aromatic carbocycles. The zero-order valence-corrected chi connectivity index (χ0v) is 10.9. The molecule has 1 aliphatic rings. The fraction of sp³-hybridized carbons (Fsp3) is 0.917. The van der Waals surface area contributed by atoms with Crippen LogP contribution in [-0.2, 0) is 14.3 Å². The summed E-state index contributed by atoms with van der Waals surface area (Å²) >= 11 is 0. The van der Waals surface area contributed by atoms with Gasteiger partial charge in [-0.25, -0.2) is 0 Å². The molecule has 1 atom stereocenters. The van der Waals surface area contributed by atoms with Crippen LogP contribution in [0.15, 0.2) is 0 Å². The number of hydrogen-bond donors (Lipinski definition) is 1. The summed E-state index contributed by atoms with van der Waals surface area (Å²) in [5, 5.41) is 0. The van der Waals surface area contributed by atoms with Crippen molar-refractivity contribution < 1.29 is 14.3 Å². The molecule has 0 aliphatic carbocycles. The second kappa shape index (κ2) is 7.63. The molecule has 1 amide bonds. The van der Waals surface area contributed by atoms with Gasteiger partial charge in [-0.3, -0.25) is 4.79 Å². The second-order valence-electron chi connectivity index (χ2n) is 4.42. The Bertz CT molecular complexity index is 228. The van der Waals surface area contributed by atoms with E-state index in [0.29, 0.717) is 6.54 Å². The first-order valence-corrected chi connectivity index (χ1v) is 6.32. The number of ether oxygens (including phenoxy) is 2. The molecule has 1 saturated heterocycles.